The highest BCUT2D eigenvalue weighted by molar-refractivity contribution is 7.13. The quantitative estimate of drug-likeness (QED) is 0.350. The predicted octanol–water partition coefficient (Wildman–Crippen LogP) is 3.96. The van der Waals surface area contributed by atoms with Crippen LogP contribution >= 0.6 is 11.3 Å². The molecule has 1 amide bonds. The summed E-state index contributed by atoms with van der Waals surface area (Å²) in [6, 6.07) is 10.4. The highest BCUT2D eigenvalue weighted by atomic mass is 32.1. The van der Waals surface area contributed by atoms with E-state index in [2.05, 4.69) is 47.1 Å². The highest BCUT2D eigenvalue weighted by Crippen LogP contribution is 2.34. The van der Waals surface area contributed by atoms with Gasteiger partial charge >= 0.3 is 0 Å². The number of rotatable bonds is 9. The number of anilines is 1. The summed E-state index contributed by atoms with van der Waals surface area (Å²) in [7, 11) is 0. The molecule has 2 aliphatic rings. The monoisotopic (exact) mass is 531 g/mol. The van der Waals surface area contributed by atoms with Crippen molar-refractivity contribution in [3.63, 3.8) is 0 Å². The van der Waals surface area contributed by atoms with Gasteiger partial charge in [0.25, 0.3) is 5.91 Å². The van der Waals surface area contributed by atoms with Crippen LogP contribution < -0.4 is 10.2 Å². The number of aromatic nitrogens is 4. The Balaban J connectivity index is 1.37. The highest BCUT2D eigenvalue weighted by Gasteiger charge is 2.40. The number of fused-ring (bicyclic) bond motifs is 3. The van der Waals surface area contributed by atoms with E-state index in [1.54, 1.807) is 22.0 Å². The van der Waals surface area contributed by atoms with E-state index >= 15 is 0 Å². The topological polar surface area (TPSA) is 87.9 Å². The second-order valence-corrected chi connectivity index (χ2v) is 10.9. The normalized spacial score (nSPS) is 19.5. The number of morpholine rings is 1. The maximum Gasteiger partial charge on any atom is 0.251 e. The van der Waals surface area contributed by atoms with Crippen LogP contribution in [0.5, 0.6) is 0 Å². The Morgan fingerprint density at radius 1 is 1.24 bits per heavy atom. The summed E-state index contributed by atoms with van der Waals surface area (Å²) < 4.78 is 7.58. The molecule has 2 bridgehead atoms. The number of ether oxygens (including phenoxy) is 1. The molecule has 0 radical (unpaired) electrons. The van der Waals surface area contributed by atoms with Crippen LogP contribution in [0, 0.1) is 0 Å². The summed E-state index contributed by atoms with van der Waals surface area (Å²) in [5, 5.41) is 9.73. The van der Waals surface area contributed by atoms with E-state index in [1.807, 2.05) is 35.8 Å². The van der Waals surface area contributed by atoms with Crippen molar-refractivity contribution in [2.75, 3.05) is 37.7 Å². The predicted molar refractivity (Wildman–Crippen MR) is 150 cm³/mol. The van der Waals surface area contributed by atoms with Gasteiger partial charge in [-0.2, -0.15) is 5.10 Å². The molecule has 0 aliphatic carbocycles. The number of likely N-dealkylation sites (N-methyl/N-ethyl adjacent to an activating group) is 1. The molecular weight excluding hydrogens is 498 g/mol. The summed E-state index contributed by atoms with van der Waals surface area (Å²) in [5.74, 6) is 0.701. The zero-order chi connectivity index (χ0) is 26.2. The van der Waals surface area contributed by atoms with Gasteiger partial charge in [0.2, 0.25) is 0 Å². The Labute approximate surface area is 226 Å². The Hall–Kier alpha value is -3.34. The van der Waals surface area contributed by atoms with E-state index in [1.165, 1.54) is 0 Å². The Kier molecular flexibility index (Phi) is 6.86. The number of hydrogen-bond acceptors (Lipinski definition) is 8. The summed E-state index contributed by atoms with van der Waals surface area (Å²) in [6.45, 7) is 10.4. The van der Waals surface area contributed by atoms with Gasteiger partial charge in [0.15, 0.2) is 5.65 Å². The summed E-state index contributed by atoms with van der Waals surface area (Å²) in [4.78, 5) is 29.1. The van der Waals surface area contributed by atoms with Crippen molar-refractivity contribution in [3.05, 3.63) is 53.7 Å². The fourth-order valence-corrected chi connectivity index (χ4v) is 6.24. The summed E-state index contributed by atoms with van der Waals surface area (Å²) in [6.07, 6.45) is 4.93. The molecule has 0 saturated carbocycles. The Bertz CT molecular complexity index is 1430. The van der Waals surface area contributed by atoms with Crippen molar-refractivity contribution in [1.29, 1.82) is 0 Å². The van der Waals surface area contributed by atoms with Gasteiger partial charge < -0.3 is 15.0 Å². The first-order chi connectivity index (χ1) is 18.5. The molecule has 2 fully saturated rings. The number of carbonyl (C=O) groups excluding carboxylic acids is 1. The number of pyridine rings is 1. The molecule has 4 aromatic rings. The number of nitrogens with one attached hydrogen (secondary N) is 1. The molecule has 0 aromatic carbocycles. The van der Waals surface area contributed by atoms with Crippen molar-refractivity contribution in [2.24, 2.45) is 0 Å². The Morgan fingerprint density at radius 2 is 2.11 bits per heavy atom. The third-order valence-corrected chi connectivity index (χ3v) is 8.57. The van der Waals surface area contributed by atoms with Gasteiger partial charge in [0.05, 0.1) is 46.8 Å². The summed E-state index contributed by atoms with van der Waals surface area (Å²) >= 11 is 1.65. The first kappa shape index (κ1) is 25.0. The fourth-order valence-electron chi connectivity index (χ4n) is 5.54. The SMILES string of the molecule is CCN(CC)C(C)CNC(=O)c1cc(-c2cnn3ccc(-c4cccs4)nc23)nc(N2CC3CC2CO3)c1. The van der Waals surface area contributed by atoms with E-state index in [0.717, 1.165) is 48.0 Å². The van der Waals surface area contributed by atoms with Gasteiger partial charge in [-0.25, -0.2) is 14.5 Å². The smallest absolute Gasteiger partial charge is 0.251 e. The molecule has 38 heavy (non-hydrogen) atoms. The third kappa shape index (κ3) is 4.68. The van der Waals surface area contributed by atoms with Gasteiger partial charge in [0, 0.05) is 30.9 Å². The molecule has 0 spiro atoms. The van der Waals surface area contributed by atoms with E-state index in [4.69, 9.17) is 14.7 Å². The van der Waals surface area contributed by atoms with Crippen LogP contribution in [0.4, 0.5) is 5.82 Å². The van der Waals surface area contributed by atoms with Crippen molar-refractivity contribution in [2.45, 2.75) is 45.4 Å². The molecular formula is C28H33N7O2S. The molecule has 3 atom stereocenters. The van der Waals surface area contributed by atoms with Gasteiger partial charge in [-0.15, -0.1) is 11.3 Å². The number of hydrogen-bond donors (Lipinski definition) is 1. The van der Waals surface area contributed by atoms with E-state index < -0.39 is 0 Å². The maximum absolute atomic E-state index is 13.4. The van der Waals surface area contributed by atoms with Crippen LogP contribution in [0.2, 0.25) is 0 Å². The molecule has 10 heteroatoms. The second-order valence-electron chi connectivity index (χ2n) is 9.99. The fraction of sp³-hybridized carbons (Fsp3) is 0.429. The molecule has 6 rings (SSSR count). The molecule has 6 heterocycles. The number of carbonyl (C=O) groups is 1. The van der Waals surface area contributed by atoms with Gasteiger partial charge in [-0.05, 0) is 56.1 Å². The van der Waals surface area contributed by atoms with Crippen LogP contribution in [0.25, 0.3) is 27.5 Å². The van der Waals surface area contributed by atoms with Crippen LogP contribution in [0.3, 0.4) is 0 Å². The van der Waals surface area contributed by atoms with Gasteiger partial charge in [0.1, 0.15) is 5.82 Å². The molecule has 4 aromatic heterocycles. The zero-order valence-corrected chi connectivity index (χ0v) is 22.8. The minimum absolute atomic E-state index is 0.0989. The maximum atomic E-state index is 13.4. The lowest BCUT2D eigenvalue weighted by Crippen LogP contribution is -2.42. The lowest BCUT2D eigenvalue weighted by molar-refractivity contribution is 0.0938. The minimum Gasteiger partial charge on any atom is -0.374 e. The van der Waals surface area contributed by atoms with Crippen molar-refractivity contribution < 1.29 is 9.53 Å². The number of thiophene rings is 1. The standard InChI is InChI=1S/C28H33N7O2S/c1-4-33(5-2)18(3)14-29-28(36)19-11-24(31-26(12-19)34-16-21-13-20(34)17-37-21)22-15-30-35-9-8-23(32-27(22)35)25-7-6-10-38-25/h6-12,15,18,20-21H,4-5,13-14,16-17H2,1-3H3,(H,29,36). The van der Waals surface area contributed by atoms with Crippen molar-refractivity contribution in [1.82, 2.24) is 29.8 Å². The molecule has 2 saturated heterocycles. The molecule has 3 unspecified atom stereocenters. The van der Waals surface area contributed by atoms with Crippen molar-refractivity contribution in [3.8, 4) is 21.8 Å². The first-order valence-corrected chi connectivity index (χ1v) is 14.2. The van der Waals surface area contributed by atoms with Crippen LogP contribution in [0.15, 0.2) is 48.1 Å². The van der Waals surface area contributed by atoms with E-state index in [9.17, 15) is 4.79 Å². The molecule has 1 N–H and O–H groups in total. The number of nitrogens with zero attached hydrogens (tertiary/aromatic N) is 6. The van der Waals surface area contributed by atoms with E-state index in [0.29, 0.717) is 30.1 Å². The second kappa shape index (κ2) is 10.4. The van der Waals surface area contributed by atoms with Crippen LogP contribution in [-0.4, -0.2) is 81.4 Å². The van der Waals surface area contributed by atoms with Crippen LogP contribution in [-0.2, 0) is 4.74 Å². The van der Waals surface area contributed by atoms with E-state index in [-0.39, 0.29) is 24.1 Å². The largest absolute Gasteiger partial charge is 0.374 e. The number of amides is 1. The molecule has 9 nitrogen and oxygen atoms in total. The average Bonchev–Trinajstić information content (AvgIpc) is 3.76. The molecule has 2 aliphatic heterocycles. The average molecular weight is 532 g/mol. The van der Waals surface area contributed by atoms with Crippen LogP contribution in [0.1, 0.15) is 37.6 Å². The lowest BCUT2D eigenvalue weighted by Gasteiger charge is -2.29. The Morgan fingerprint density at radius 3 is 2.82 bits per heavy atom. The molecule has 198 valence electrons. The lowest BCUT2D eigenvalue weighted by atomic mass is 10.1. The van der Waals surface area contributed by atoms with Gasteiger partial charge in [-0.3, -0.25) is 9.69 Å². The zero-order valence-electron chi connectivity index (χ0n) is 22.0. The third-order valence-electron chi connectivity index (χ3n) is 7.68. The minimum atomic E-state index is -0.0989. The van der Waals surface area contributed by atoms with Gasteiger partial charge in [-0.1, -0.05) is 19.9 Å². The van der Waals surface area contributed by atoms with Crippen molar-refractivity contribution >= 4 is 28.7 Å². The summed E-state index contributed by atoms with van der Waals surface area (Å²) in [5.41, 5.74) is 3.70. The first-order valence-electron chi connectivity index (χ1n) is 13.3.